The van der Waals surface area contributed by atoms with Gasteiger partial charge in [0.15, 0.2) is 51.8 Å². The summed E-state index contributed by atoms with van der Waals surface area (Å²) in [6, 6.07) is 89.2. The monoisotopic (exact) mass is 2150 g/mol. The van der Waals surface area contributed by atoms with Crippen molar-refractivity contribution in [1.82, 2.24) is 10.2 Å². The number of aryl methyl sites for hydroxylation is 1. The van der Waals surface area contributed by atoms with Gasteiger partial charge in [-0.2, -0.15) is 18.4 Å². The predicted octanol–water partition coefficient (Wildman–Crippen LogP) is 31.7. The fraction of sp³-hybridized carbons (Fsp3) is 0.244. The van der Waals surface area contributed by atoms with Gasteiger partial charge in [0.25, 0.3) is 5.91 Å². The summed E-state index contributed by atoms with van der Waals surface area (Å²) in [5.74, 6) is 4.49. The molecule has 2 unspecified atom stereocenters. The number of thioether (sulfide) groups is 2. The number of carbonyl (C=O) groups is 5. The molecule has 149 heavy (non-hydrogen) atoms. The third-order valence-electron chi connectivity index (χ3n) is 22.7. The van der Waals surface area contributed by atoms with Crippen molar-refractivity contribution in [2.45, 2.75) is 131 Å². The summed E-state index contributed by atoms with van der Waals surface area (Å²) < 4.78 is 86.6. The number of Topliss-reactive ketones (excluding diaryl/α,β-unsaturated/α-hetero) is 1. The highest BCUT2D eigenvalue weighted by Gasteiger charge is 2.34. The molecule has 0 fully saturated rings. The number of nitrogens with zero attached hydrogens (tertiary/aromatic N) is 2. The molecule has 20 nitrogen and oxygen atoms in total. The van der Waals surface area contributed by atoms with Gasteiger partial charge in [-0.15, -0.1) is 34.9 Å². The molecule has 1 aromatic heterocycles. The van der Waals surface area contributed by atoms with Crippen LogP contribution in [-0.2, 0) is 12.7 Å². The number of aliphatic hydroxyl groups is 1. The summed E-state index contributed by atoms with van der Waals surface area (Å²) >= 11 is 29.1. The number of ketones is 3. The third kappa shape index (κ3) is 37.5. The molecule has 0 saturated carbocycles. The molecule has 0 saturated heterocycles. The molecule has 0 radical (unpaired) electrons. The van der Waals surface area contributed by atoms with Crippen LogP contribution in [0.25, 0.3) is 22.2 Å². The number of unbranched alkanes of at least 4 members (excludes halogenated alkanes) is 5. The van der Waals surface area contributed by atoms with Crippen LogP contribution in [-0.4, -0.2) is 121 Å². The minimum atomic E-state index is -4.50. The molecule has 0 aliphatic carbocycles. The zero-order valence-corrected chi connectivity index (χ0v) is 90.8. The Labute approximate surface area is 903 Å². The Kier molecular flexibility index (Phi) is 49.4. The zero-order valence-electron chi connectivity index (χ0n) is 85.3. The van der Waals surface area contributed by atoms with Crippen molar-refractivity contribution < 1.29 is 84.9 Å². The Morgan fingerprint density at radius 1 is 0.490 bits per heavy atom. The van der Waals surface area contributed by atoms with E-state index in [1.807, 2.05) is 176 Å². The van der Waals surface area contributed by atoms with Crippen molar-refractivity contribution in [3.63, 3.8) is 0 Å². The van der Waals surface area contributed by atoms with Crippen molar-refractivity contribution in [2.75, 3.05) is 81.2 Å². The minimum absolute atomic E-state index is 0.0196. The first-order valence-corrected chi connectivity index (χ1v) is 51.7. The lowest BCUT2D eigenvalue weighted by Crippen LogP contribution is -2.33. The fourth-order valence-electron chi connectivity index (χ4n) is 14.8. The summed E-state index contributed by atoms with van der Waals surface area (Å²) in [5.41, 5.74) is 7.77. The summed E-state index contributed by atoms with van der Waals surface area (Å²) in [6.45, 7) is 11.9. The average Bonchev–Trinajstić information content (AvgIpc) is 1.65. The van der Waals surface area contributed by atoms with Crippen LogP contribution in [0.4, 0.5) is 29.3 Å². The van der Waals surface area contributed by atoms with Crippen LogP contribution in [0.2, 0.25) is 20.1 Å². The van der Waals surface area contributed by atoms with Gasteiger partial charge in [-0.05, 0) is 230 Å². The highest BCUT2D eigenvalue weighted by molar-refractivity contribution is 8.00. The average molecular weight is 2160 g/mol. The van der Waals surface area contributed by atoms with E-state index in [1.54, 1.807) is 152 Å². The Bertz CT molecular complexity index is 6660. The molecular formula is C119H122Cl4F3N5O15S3. The first-order chi connectivity index (χ1) is 71.8. The molecule has 0 bridgehead atoms. The van der Waals surface area contributed by atoms with Crippen LogP contribution in [0.5, 0.6) is 51.7 Å². The number of amides is 3. The van der Waals surface area contributed by atoms with Crippen molar-refractivity contribution in [3.05, 3.63) is 396 Å². The van der Waals surface area contributed by atoms with Crippen molar-refractivity contribution >= 4 is 144 Å². The molecule has 0 aliphatic rings. The van der Waals surface area contributed by atoms with E-state index in [-0.39, 0.29) is 51.8 Å². The molecule has 13 aromatic carbocycles. The largest absolute Gasteiger partial charge is 0.497 e. The Morgan fingerprint density at radius 2 is 0.987 bits per heavy atom. The first-order valence-electron chi connectivity index (χ1n) is 47.6. The quantitative estimate of drug-likeness (QED) is 0.0121. The summed E-state index contributed by atoms with van der Waals surface area (Å²) in [5, 5.41) is 32.2. The van der Waals surface area contributed by atoms with E-state index < -0.39 is 29.9 Å². The Hall–Kier alpha value is -13.7. The van der Waals surface area contributed by atoms with Gasteiger partial charge in [0, 0.05) is 81.8 Å². The number of para-hydroxylation sites is 1. The summed E-state index contributed by atoms with van der Waals surface area (Å²) in [7, 11) is 14.0. The molecule has 4 atom stereocenters. The van der Waals surface area contributed by atoms with Gasteiger partial charge in [-0.1, -0.05) is 257 Å². The number of methoxy groups -OCH3 is 9. The van der Waals surface area contributed by atoms with E-state index in [0.717, 1.165) is 78.9 Å². The van der Waals surface area contributed by atoms with Gasteiger partial charge in [0.2, 0.25) is 11.5 Å². The fourth-order valence-corrected chi connectivity index (χ4v) is 18.7. The summed E-state index contributed by atoms with van der Waals surface area (Å²) in [6.07, 6.45) is 9.83. The van der Waals surface area contributed by atoms with Gasteiger partial charge in [0.05, 0.1) is 97.5 Å². The number of halogens is 7. The van der Waals surface area contributed by atoms with E-state index in [4.69, 9.17) is 89.0 Å². The van der Waals surface area contributed by atoms with Crippen LogP contribution in [0.3, 0.4) is 0 Å². The number of carbonyl (C=O) groups excluding carboxylic acids is 5. The molecule has 1 heterocycles. The SMILES string of the molecule is CCCCCCCCN[C@H](C)[C@@H](O)c1ccc(SC(C)C)cc1.COc1cc(/C=C/C(=O)c2ccc(C)cc2)cc(OC)c1OC.COc1cc(C(C#N)N(Cc2ccccc2)C(=O)c2sc3ccccc3c2Cl)cc(OC)c1OC.COc1ccc(/C=C/C(=O)c2ccc(Cl)cc2)cc1OC.COc1ccc(C(=O)CC(Sc2ccc(Cl)cc2)c2ccccc2)cc1.O=C(Nc1ccccc1)Nc1cc(C(F)(F)F)ccc1Cl. The number of alkyl halides is 3. The highest BCUT2D eigenvalue weighted by atomic mass is 35.5. The number of aliphatic hydroxyl groups excluding tert-OH is 1. The maximum Gasteiger partial charge on any atom is 0.416 e. The Balaban J connectivity index is 0.000000201. The smallest absolute Gasteiger partial charge is 0.416 e. The maximum absolute atomic E-state index is 14.0. The molecule has 4 N–H and O–H groups in total. The van der Waals surface area contributed by atoms with Gasteiger partial charge in [-0.25, -0.2) is 4.79 Å². The van der Waals surface area contributed by atoms with E-state index in [1.165, 1.54) is 93.1 Å². The molecule has 3 amide bonds. The van der Waals surface area contributed by atoms with Gasteiger partial charge in [-0.3, -0.25) is 19.2 Å². The van der Waals surface area contributed by atoms with Crippen LogP contribution < -0.4 is 58.6 Å². The second-order valence-corrected chi connectivity index (χ2v) is 39.3. The maximum atomic E-state index is 14.0. The normalized spacial score (nSPS) is 11.6. The number of hydrogen-bond acceptors (Lipinski definition) is 20. The number of rotatable bonds is 40. The number of hydrogen-bond donors (Lipinski definition) is 4. The number of thiophene rings is 1. The zero-order chi connectivity index (χ0) is 108. The van der Waals surface area contributed by atoms with E-state index >= 15 is 0 Å². The predicted molar refractivity (Wildman–Crippen MR) is 600 cm³/mol. The van der Waals surface area contributed by atoms with Crippen molar-refractivity contribution in [3.8, 4) is 57.8 Å². The molecule has 780 valence electrons. The molecule has 14 aromatic rings. The lowest BCUT2D eigenvalue weighted by molar-refractivity contribution is -0.137. The molecular weight excluding hydrogens is 2030 g/mol. The van der Waals surface area contributed by atoms with Crippen molar-refractivity contribution in [1.29, 1.82) is 5.26 Å². The van der Waals surface area contributed by atoms with E-state index in [9.17, 15) is 47.5 Å². The van der Waals surface area contributed by atoms with E-state index in [0.29, 0.717) is 106 Å². The molecule has 0 aliphatic heterocycles. The number of fused-ring (bicyclic) bond motifs is 1. The topological polar surface area (TPSA) is 252 Å². The van der Waals surface area contributed by atoms with Crippen LogP contribution >= 0.6 is 81.3 Å². The van der Waals surface area contributed by atoms with Crippen LogP contribution in [0, 0.1) is 18.3 Å². The lowest BCUT2D eigenvalue weighted by atomic mass is 10.0. The third-order valence-corrected chi connectivity index (χ3v) is 27.5. The number of ether oxygens (including phenoxy) is 9. The van der Waals surface area contributed by atoms with Crippen molar-refractivity contribution in [2.24, 2.45) is 0 Å². The highest BCUT2D eigenvalue weighted by Crippen LogP contribution is 2.46. The number of nitriles is 1. The molecule has 14 rings (SSSR count). The number of benzene rings is 13. The minimum Gasteiger partial charge on any atom is -0.497 e. The molecule has 30 heteroatoms. The Morgan fingerprint density at radius 3 is 1.52 bits per heavy atom. The van der Waals surface area contributed by atoms with Gasteiger partial charge >= 0.3 is 12.2 Å². The summed E-state index contributed by atoms with van der Waals surface area (Å²) in [4.78, 5) is 67.0. The molecule has 0 spiro atoms. The second kappa shape index (κ2) is 61.9. The second-order valence-electron chi connectivity index (χ2n) is 33.6. The van der Waals surface area contributed by atoms with Crippen LogP contribution in [0.1, 0.15) is 175 Å². The van der Waals surface area contributed by atoms with E-state index in [2.05, 4.69) is 86.1 Å². The number of anilines is 2. The number of nitrogens with one attached hydrogen (secondary N) is 3. The van der Waals surface area contributed by atoms with Crippen LogP contribution in [0.15, 0.2) is 319 Å². The number of urea groups is 1. The number of allylic oxidation sites excluding steroid dienone is 2. The standard InChI is InChI=1S/C27H23ClN2O4S.C22H19ClO2S.C20H35NOS.C19H20O4.C17H15ClO3.C14H10ClF3N2O/c1-32-21-13-18(14-22(33-2)25(21)34-3)20(15-29)30(16-17-9-5-4-6-10-17)27(31)26-24(28)19-11-7-8-12-23(19)35-26;1-25-19-11-7-16(8-12-19)21(24)15-22(17-5-3-2-4-6-17)26-20-13-9-18(23)10-14-20;1-5-6-7-8-9-10-15-21-17(4)20(22)18-11-13-19(14-12-18)23-16(2)3;1-13-5-8-15(9-6-13)16(20)10-7-14-11-17(21-2)19(23-4)18(12-14)22-3;1-20-16-10-4-12(11-17(16)21-2)3-9-15(19)13-5-7-14(18)8-6-13;15-11-7-6-9(14(16,17)18)8-12(11)20-13(21)19-10-4-2-1-3-5-10/h4-14,20H,16H2,1-3H3;2-14,22H,15H2,1H3;11-14,16-17,20-22H,5-10,15H2,1-4H3;5-12H,1-4H3;3-11H,1-2H3;1-8H,(H2,19,20,21)/b;;;10-7+;9-3+;/t;;17-,20-;;;/m..1.../s1. The lowest BCUT2D eigenvalue weighted by Gasteiger charge is -2.28. The first kappa shape index (κ1) is 119. The van der Waals surface area contributed by atoms with Gasteiger partial charge < -0.3 is 68.6 Å². The van der Waals surface area contributed by atoms with Gasteiger partial charge in [0.1, 0.15) is 16.7 Å².